The fraction of sp³-hybridized carbons (Fsp3) is 0.222. The van der Waals surface area contributed by atoms with Gasteiger partial charge in [0.25, 0.3) is 0 Å². The average Bonchev–Trinajstić information content (AvgIpc) is 2.97. The number of hydrogen-bond donors (Lipinski definition) is 3. The molecule has 0 saturated carbocycles. The van der Waals surface area contributed by atoms with Crippen LogP contribution in [0.25, 0.3) is 10.9 Å². The van der Waals surface area contributed by atoms with Gasteiger partial charge in [-0.3, -0.25) is 0 Å². The van der Waals surface area contributed by atoms with Crippen molar-refractivity contribution in [3.8, 4) is 11.5 Å². The summed E-state index contributed by atoms with van der Waals surface area (Å²) in [7, 11) is 3.27. The standard InChI is InChI=1S/C18H18F3N3O2/c1-22-9-11-10-23-16-7-12(3-5-14(11)16)24-15-6-4-13(8-17(15)25-2)26-18(19,20)21/h3-8,10,22-24H,9H2,1-2H3. The van der Waals surface area contributed by atoms with Crippen molar-refractivity contribution < 1.29 is 22.6 Å². The maximum atomic E-state index is 12.3. The van der Waals surface area contributed by atoms with Crippen LogP contribution in [0.2, 0.25) is 0 Å². The summed E-state index contributed by atoms with van der Waals surface area (Å²) in [5, 5.41) is 7.36. The summed E-state index contributed by atoms with van der Waals surface area (Å²) in [6.45, 7) is 0.751. The van der Waals surface area contributed by atoms with Gasteiger partial charge in [0.15, 0.2) is 0 Å². The monoisotopic (exact) mass is 365 g/mol. The van der Waals surface area contributed by atoms with Crippen LogP contribution < -0.4 is 20.1 Å². The minimum absolute atomic E-state index is 0.245. The maximum Gasteiger partial charge on any atom is 0.573 e. The summed E-state index contributed by atoms with van der Waals surface area (Å²) in [4.78, 5) is 3.21. The smallest absolute Gasteiger partial charge is 0.494 e. The van der Waals surface area contributed by atoms with Gasteiger partial charge in [0.1, 0.15) is 11.5 Å². The van der Waals surface area contributed by atoms with Gasteiger partial charge >= 0.3 is 6.36 Å². The predicted octanol–water partition coefficient (Wildman–Crippen LogP) is 4.54. The summed E-state index contributed by atoms with van der Waals surface area (Å²) in [6.07, 6.45) is -2.81. The molecule has 2 aromatic carbocycles. The SMILES string of the molecule is CNCc1c[nH]c2cc(Nc3ccc(OC(F)(F)F)cc3OC)ccc12. The van der Waals surface area contributed by atoms with E-state index in [0.29, 0.717) is 5.69 Å². The maximum absolute atomic E-state index is 12.3. The number of aromatic nitrogens is 1. The third-order valence-corrected chi connectivity index (χ3v) is 3.82. The average molecular weight is 365 g/mol. The second-order valence-electron chi connectivity index (χ2n) is 5.64. The fourth-order valence-corrected chi connectivity index (χ4v) is 2.73. The van der Waals surface area contributed by atoms with Crippen LogP contribution >= 0.6 is 0 Å². The van der Waals surface area contributed by atoms with E-state index in [1.54, 1.807) is 0 Å². The number of benzene rings is 2. The van der Waals surface area contributed by atoms with E-state index in [-0.39, 0.29) is 11.5 Å². The van der Waals surface area contributed by atoms with Crippen molar-refractivity contribution in [3.63, 3.8) is 0 Å². The van der Waals surface area contributed by atoms with Gasteiger partial charge < -0.3 is 25.1 Å². The molecule has 3 N–H and O–H groups in total. The number of ether oxygens (including phenoxy) is 2. The number of halogens is 3. The molecular formula is C18H18F3N3O2. The Bertz CT molecular complexity index is 906. The lowest BCUT2D eigenvalue weighted by Gasteiger charge is -2.14. The molecule has 1 aromatic heterocycles. The quantitative estimate of drug-likeness (QED) is 0.600. The van der Waals surface area contributed by atoms with E-state index in [9.17, 15) is 13.2 Å². The van der Waals surface area contributed by atoms with Crippen molar-refractivity contribution in [2.24, 2.45) is 0 Å². The van der Waals surface area contributed by atoms with Crippen LogP contribution in [0.3, 0.4) is 0 Å². The van der Waals surface area contributed by atoms with E-state index in [4.69, 9.17) is 4.74 Å². The number of fused-ring (bicyclic) bond motifs is 1. The number of methoxy groups -OCH3 is 1. The number of hydrogen-bond acceptors (Lipinski definition) is 4. The lowest BCUT2D eigenvalue weighted by Crippen LogP contribution is -2.17. The molecule has 0 fully saturated rings. The zero-order valence-corrected chi connectivity index (χ0v) is 14.2. The molecule has 5 nitrogen and oxygen atoms in total. The summed E-state index contributed by atoms with van der Waals surface area (Å²) >= 11 is 0. The van der Waals surface area contributed by atoms with E-state index in [2.05, 4.69) is 20.4 Å². The highest BCUT2D eigenvalue weighted by atomic mass is 19.4. The Hall–Kier alpha value is -2.87. The molecule has 0 amide bonds. The topological polar surface area (TPSA) is 58.3 Å². The van der Waals surface area contributed by atoms with Crippen LogP contribution in [0.1, 0.15) is 5.56 Å². The highest BCUT2D eigenvalue weighted by Gasteiger charge is 2.31. The van der Waals surface area contributed by atoms with Gasteiger partial charge in [-0.25, -0.2) is 0 Å². The van der Waals surface area contributed by atoms with Gasteiger partial charge in [-0.1, -0.05) is 6.07 Å². The van der Waals surface area contributed by atoms with Crippen molar-refractivity contribution in [3.05, 3.63) is 48.2 Å². The van der Waals surface area contributed by atoms with Crippen LogP contribution in [0.15, 0.2) is 42.6 Å². The first-order chi connectivity index (χ1) is 12.4. The Morgan fingerprint density at radius 2 is 1.92 bits per heavy atom. The van der Waals surface area contributed by atoms with Crippen LogP contribution in [-0.4, -0.2) is 25.5 Å². The molecule has 0 aliphatic rings. The van der Waals surface area contributed by atoms with Gasteiger partial charge in [-0.05, 0) is 36.9 Å². The molecule has 1 heterocycles. The molecule has 0 saturated heterocycles. The molecule has 3 rings (SSSR count). The van der Waals surface area contributed by atoms with Gasteiger partial charge in [0.05, 0.1) is 12.8 Å². The molecule has 0 aliphatic heterocycles. The molecule has 0 unspecified atom stereocenters. The third kappa shape index (κ3) is 4.02. The molecular weight excluding hydrogens is 347 g/mol. The Morgan fingerprint density at radius 1 is 1.12 bits per heavy atom. The zero-order valence-electron chi connectivity index (χ0n) is 14.2. The van der Waals surface area contributed by atoms with E-state index in [0.717, 1.165) is 28.7 Å². The van der Waals surface area contributed by atoms with Gasteiger partial charge in [0.2, 0.25) is 0 Å². The van der Waals surface area contributed by atoms with Crippen LogP contribution in [0.4, 0.5) is 24.5 Å². The highest BCUT2D eigenvalue weighted by Crippen LogP contribution is 2.34. The number of aromatic amines is 1. The first kappa shape index (κ1) is 17.9. The second-order valence-corrected chi connectivity index (χ2v) is 5.64. The first-order valence-corrected chi connectivity index (χ1v) is 7.85. The molecule has 0 bridgehead atoms. The number of rotatable bonds is 6. The van der Waals surface area contributed by atoms with Crippen molar-refractivity contribution in [1.29, 1.82) is 0 Å². The number of H-pyrrole nitrogens is 1. The number of anilines is 2. The van der Waals surface area contributed by atoms with E-state index in [1.165, 1.54) is 25.3 Å². The Balaban J connectivity index is 1.85. The van der Waals surface area contributed by atoms with Crippen LogP contribution in [-0.2, 0) is 6.54 Å². The van der Waals surface area contributed by atoms with E-state index >= 15 is 0 Å². The second kappa shape index (κ2) is 7.17. The number of nitrogens with one attached hydrogen (secondary N) is 3. The van der Waals surface area contributed by atoms with Gasteiger partial charge in [0, 0.05) is 35.4 Å². The van der Waals surface area contributed by atoms with Crippen molar-refractivity contribution in [1.82, 2.24) is 10.3 Å². The number of alkyl halides is 3. The molecule has 0 atom stereocenters. The van der Waals surface area contributed by atoms with Gasteiger partial charge in [-0.2, -0.15) is 0 Å². The Morgan fingerprint density at radius 3 is 2.62 bits per heavy atom. The molecule has 3 aromatic rings. The Labute approximate surface area is 148 Å². The normalized spacial score (nSPS) is 11.6. The molecule has 0 radical (unpaired) electrons. The summed E-state index contributed by atoms with van der Waals surface area (Å²) < 4.78 is 46.1. The first-order valence-electron chi connectivity index (χ1n) is 7.85. The van der Waals surface area contributed by atoms with Gasteiger partial charge in [-0.15, -0.1) is 13.2 Å². The lowest BCUT2D eigenvalue weighted by atomic mass is 10.1. The van der Waals surface area contributed by atoms with E-state index in [1.807, 2.05) is 31.4 Å². The highest BCUT2D eigenvalue weighted by molar-refractivity contribution is 5.87. The van der Waals surface area contributed by atoms with Crippen molar-refractivity contribution in [2.75, 3.05) is 19.5 Å². The summed E-state index contributed by atoms with van der Waals surface area (Å²) in [5.41, 5.74) is 3.41. The lowest BCUT2D eigenvalue weighted by molar-refractivity contribution is -0.274. The largest absolute Gasteiger partial charge is 0.573 e. The Kier molecular flexibility index (Phi) is 4.94. The molecule has 0 aliphatic carbocycles. The summed E-state index contributed by atoms with van der Waals surface area (Å²) in [6, 6.07) is 9.70. The van der Waals surface area contributed by atoms with E-state index < -0.39 is 6.36 Å². The molecule has 138 valence electrons. The minimum atomic E-state index is -4.75. The van der Waals surface area contributed by atoms with Crippen molar-refractivity contribution >= 4 is 22.3 Å². The zero-order chi connectivity index (χ0) is 18.7. The van der Waals surface area contributed by atoms with Crippen LogP contribution in [0.5, 0.6) is 11.5 Å². The van der Waals surface area contributed by atoms with Crippen molar-refractivity contribution in [2.45, 2.75) is 12.9 Å². The third-order valence-electron chi connectivity index (χ3n) is 3.82. The molecule has 8 heteroatoms. The minimum Gasteiger partial charge on any atom is -0.494 e. The van der Waals surface area contributed by atoms with Crippen LogP contribution in [0, 0.1) is 0 Å². The fourth-order valence-electron chi connectivity index (χ4n) is 2.73. The molecule has 0 spiro atoms. The summed E-state index contributed by atoms with van der Waals surface area (Å²) in [5.74, 6) is -0.0920. The predicted molar refractivity (Wildman–Crippen MR) is 94.0 cm³/mol. The molecule has 26 heavy (non-hydrogen) atoms.